The average Bonchev–Trinajstić information content (AvgIpc) is 2.78. The molecule has 3 heteroatoms. The van der Waals surface area contributed by atoms with E-state index in [9.17, 15) is 0 Å². The highest BCUT2D eigenvalue weighted by molar-refractivity contribution is 7.07. The molecular weight excluding hydrogens is 238 g/mol. The number of hydrogen-bond donors (Lipinski definition) is 1. The monoisotopic (exact) mass is 251 g/mol. The molecule has 1 atom stereocenters. The molecular formula is C13H14ClNS. The third-order valence-corrected chi connectivity index (χ3v) is 3.51. The van der Waals surface area contributed by atoms with Crippen LogP contribution in [0.25, 0.3) is 0 Å². The number of benzene rings is 1. The molecule has 0 saturated heterocycles. The molecule has 0 fully saturated rings. The van der Waals surface area contributed by atoms with E-state index in [1.807, 2.05) is 18.2 Å². The quantitative estimate of drug-likeness (QED) is 0.857. The second-order valence-corrected chi connectivity index (χ2v) is 5.01. The summed E-state index contributed by atoms with van der Waals surface area (Å²) in [6.07, 6.45) is 0. The van der Waals surface area contributed by atoms with Crippen molar-refractivity contribution in [3.05, 3.63) is 57.2 Å². The smallest absolute Gasteiger partial charge is 0.0409 e. The maximum absolute atomic E-state index is 5.96. The Kier molecular flexibility index (Phi) is 3.99. The second kappa shape index (κ2) is 5.48. The standard InChI is InChI=1S/C13H14ClNS/c1-10(12-3-2-4-13(14)7-12)15-8-11-5-6-16-9-11/h2-7,9-10,15H,8H2,1H3/t10-/m1/s1. The molecule has 0 aliphatic carbocycles. The van der Waals surface area contributed by atoms with E-state index < -0.39 is 0 Å². The van der Waals surface area contributed by atoms with Gasteiger partial charge in [-0.15, -0.1) is 0 Å². The van der Waals surface area contributed by atoms with E-state index in [4.69, 9.17) is 11.6 Å². The van der Waals surface area contributed by atoms with Gasteiger partial charge >= 0.3 is 0 Å². The molecule has 16 heavy (non-hydrogen) atoms. The molecule has 1 heterocycles. The molecule has 0 aliphatic rings. The lowest BCUT2D eigenvalue weighted by molar-refractivity contribution is 0.575. The van der Waals surface area contributed by atoms with Gasteiger partial charge in [-0.25, -0.2) is 0 Å². The maximum atomic E-state index is 5.96. The minimum absolute atomic E-state index is 0.318. The molecule has 1 nitrogen and oxygen atoms in total. The lowest BCUT2D eigenvalue weighted by atomic mass is 10.1. The van der Waals surface area contributed by atoms with Crippen LogP contribution in [0.3, 0.4) is 0 Å². The number of nitrogens with one attached hydrogen (secondary N) is 1. The van der Waals surface area contributed by atoms with Gasteiger partial charge in [0.05, 0.1) is 0 Å². The van der Waals surface area contributed by atoms with E-state index >= 15 is 0 Å². The molecule has 0 bridgehead atoms. The van der Waals surface area contributed by atoms with Crippen molar-refractivity contribution in [1.82, 2.24) is 5.32 Å². The van der Waals surface area contributed by atoms with Crippen molar-refractivity contribution in [2.75, 3.05) is 0 Å². The van der Waals surface area contributed by atoms with Gasteiger partial charge < -0.3 is 5.32 Å². The summed E-state index contributed by atoms with van der Waals surface area (Å²) in [5.41, 5.74) is 2.56. The van der Waals surface area contributed by atoms with Crippen LogP contribution in [0.2, 0.25) is 5.02 Å². The molecule has 2 aromatic rings. The Labute approximate surface area is 105 Å². The summed E-state index contributed by atoms with van der Waals surface area (Å²) in [6, 6.07) is 10.4. The molecule has 0 aliphatic heterocycles. The Morgan fingerprint density at radius 2 is 2.25 bits per heavy atom. The first kappa shape index (κ1) is 11.6. The molecule has 84 valence electrons. The summed E-state index contributed by atoms with van der Waals surface area (Å²) >= 11 is 7.69. The third kappa shape index (κ3) is 3.08. The summed E-state index contributed by atoms with van der Waals surface area (Å²) in [5, 5.41) is 8.53. The zero-order valence-corrected chi connectivity index (χ0v) is 10.7. The van der Waals surface area contributed by atoms with Crippen molar-refractivity contribution in [1.29, 1.82) is 0 Å². The van der Waals surface area contributed by atoms with Crippen LogP contribution in [-0.2, 0) is 6.54 Å². The number of thiophene rings is 1. The van der Waals surface area contributed by atoms with Crippen LogP contribution in [-0.4, -0.2) is 0 Å². The largest absolute Gasteiger partial charge is 0.306 e. The summed E-state index contributed by atoms with van der Waals surface area (Å²) in [7, 11) is 0. The zero-order valence-electron chi connectivity index (χ0n) is 9.11. The molecule has 1 aromatic heterocycles. The highest BCUT2D eigenvalue weighted by atomic mass is 35.5. The highest BCUT2D eigenvalue weighted by Crippen LogP contribution is 2.18. The van der Waals surface area contributed by atoms with Gasteiger partial charge in [-0.3, -0.25) is 0 Å². The minimum atomic E-state index is 0.318. The third-order valence-electron chi connectivity index (χ3n) is 2.54. The maximum Gasteiger partial charge on any atom is 0.0409 e. The van der Waals surface area contributed by atoms with Gasteiger partial charge in [0.2, 0.25) is 0 Å². The van der Waals surface area contributed by atoms with Crippen LogP contribution in [0.4, 0.5) is 0 Å². The molecule has 2 rings (SSSR count). The first-order chi connectivity index (χ1) is 7.75. The Morgan fingerprint density at radius 1 is 1.38 bits per heavy atom. The van der Waals surface area contributed by atoms with Crippen LogP contribution in [0.1, 0.15) is 24.1 Å². The van der Waals surface area contributed by atoms with Crippen molar-refractivity contribution in [2.45, 2.75) is 19.5 Å². The molecule has 1 aromatic carbocycles. The van der Waals surface area contributed by atoms with Gasteiger partial charge in [0.1, 0.15) is 0 Å². The normalized spacial score (nSPS) is 12.6. The first-order valence-electron chi connectivity index (χ1n) is 5.25. The SMILES string of the molecule is C[C@@H](NCc1ccsc1)c1cccc(Cl)c1. The summed E-state index contributed by atoms with van der Waals surface area (Å²) < 4.78 is 0. The van der Waals surface area contributed by atoms with Crippen molar-refractivity contribution < 1.29 is 0 Å². The summed E-state index contributed by atoms with van der Waals surface area (Å²) in [5.74, 6) is 0. The molecule has 0 spiro atoms. The summed E-state index contributed by atoms with van der Waals surface area (Å²) in [4.78, 5) is 0. The molecule has 0 amide bonds. The fourth-order valence-corrected chi connectivity index (χ4v) is 2.43. The Bertz CT molecular complexity index is 439. The topological polar surface area (TPSA) is 12.0 Å². The van der Waals surface area contributed by atoms with E-state index in [1.165, 1.54) is 11.1 Å². The van der Waals surface area contributed by atoms with Crippen molar-refractivity contribution in [3.8, 4) is 0 Å². The average molecular weight is 252 g/mol. The second-order valence-electron chi connectivity index (χ2n) is 3.79. The predicted octanol–water partition coefficient (Wildman–Crippen LogP) is 4.25. The molecule has 0 saturated carbocycles. The van der Waals surface area contributed by atoms with Gasteiger partial charge in [-0.1, -0.05) is 23.7 Å². The summed E-state index contributed by atoms with van der Waals surface area (Å²) in [6.45, 7) is 3.05. The van der Waals surface area contributed by atoms with Crippen LogP contribution in [0.5, 0.6) is 0 Å². The first-order valence-corrected chi connectivity index (χ1v) is 6.58. The fourth-order valence-electron chi connectivity index (χ4n) is 1.56. The van der Waals surface area contributed by atoms with Gasteiger partial charge in [0.15, 0.2) is 0 Å². The van der Waals surface area contributed by atoms with E-state index in [0.29, 0.717) is 6.04 Å². The Morgan fingerprint density at radius 3 is 2.94 bits per heavy atom. The van der Waals surface area contributed by atoms with Crippen LogP contribution >= 0.6 is 22.9 Å². The molecule has 1 N–H and O–H groups in total. The lowest BCUT2D eigenvalue weighted by Crippen LogP contribution is -2.17. The highest BCUT2D eigenvalue weighted by Gasteiger charge is 2.05. The van der Waals surface area contributed by atoms with Crippen molar-refractivity contribution >= 4 is 22.9 Å². The van der Waals surface area contributed by atoms with E-state index in [1.54, 1.807) is 11.3 Å². The van der Waals surface area contributed by atoms with Gasteiger partial charge in [-0.2, -0.15) is 11.3 Å². The van der Waals surface area contributed by atoms with Crippen molar-refractivity contribution in [2.24, 2.45) is 0 Å². The lowest BCUT2D eigenvalue weighted by Gasteiger charge is -2.13. The van der Waals surface area contributed by atoms with Gasteiger partial charge in [-0.05, 0) is 47.0 Å². The van der Waals surface area contributed by atoms with E-state index in [-0.39, 0.29) is 0 Å². The molecule has 0 unspecified atom stereocenters. The fraction of sp³-hybridized carbons (Fsp3) is 0.231. The minimum Gasteiger partial charge on any atom is -0.306 e. The van der Waals surface area contributed by atoms with Crippen LogP contribution < -0.4 is 5.32 Å². The molecule has 0 radical (unpaired) electrons. The van der Waals surface area contributed by atoms with Gasteiger partial charge in [0, 0.05) is 17.6 Å². The van der Waals surface area contributed by atoms with Crippen molar-refractivity contribution in [3.63, 3.8) is 0 Å². The number of halogens is 1. The van der Waals surface area contributed by atoms with Gasteiger partial charge in [0.25, 0.3) is 0 Å². The Balaban J connectivity index is 1.95. The van der Waals surface area contributed by atoms with Crippen LogP contribution in [0.15, 0.2) is 41.1 Å². The van der Waals surface area contributed by atoms with E-state index in [0.717, 1.165) is 11.6 Å². The van der Waals surface area contributed by atoms with E-state index in [2.05, 4.69) is 35.1 Å². The number of rotatable bonds is 4. The Hall–Kier alpha value is -0.830. The predicted molar refractivity (Wildman–Crippen MR) is 71.0 cm³/mol. The zero-order chi connectivity index (χ0) is 11.4. The van der Waals surface area contributed by atoms with Crippen LogP contribution in [0, 0.1) is 0 Å². The number of hydrogen-bond acceptors (Lipinski definition) is 2.